The zero-order valence-corrected chi connectivity index (χ0v) is 12.4. The first kappa shape index (κ1) is 14.1. The number of imidazole rings is 1. The van der Waals surface area contributed by atoms with E-state index in [9.17, 15) is 13.2 Å². The quantitative estimate of drug-likeness (QED) is 0.686. The van der Waals surface area contributed by atoms with Gasteiger partial charge in [0.15, 0.2) is 5.65 Å². The zero-order chi connectivity index (χ0) is 15.2. The Morgan fingerprint density at radius 1 is 1.10 bits per heavy atom. The number of H-pyrrole nitrogens is 1. The van der Waals surface area contributed by atoms with Crippen LogP contribution in [0.15, 0.2) is 34.8 Å². The van der Waals surface area contributed by atoms with Gasteiger partial charge in [-0.1, -0.05) is 15.9 Å². The van der Waals surface area contributed by atoms with E-state index in [1.165, 1.54) is 6.07 Å². The van der Waals surface area contributed by atoms with E-state index in [0.717, 1.165) is 17.8 Å². The SMILES string of the molecule is Cc1ccc2[nH]c(-c3cc(C(F)(F)F)ccc3Br)nc2n1. The van der Waals surface area contributed by atoms with Gasteiger partial charge in [-0.25, -0.2) is 9.97 Å². The van der Waals surface area contributed by atoms with Crippen molar-refractivity contribution >= 4 is 27.1 Å². The lowest BCUT2D eigenvalue weighted by molar-refractivity contribution is -0.137. The minimum absolute atomic E-state index is 0.348. The molecular formula is C14H9BrF3N3. The van der Waals surface area contributed by atoms with E-state index in [1.807, 2.05) is 13.0 Å². The smallest absolute Gasteiger partial charge is 0.337 e. The Bertz CT molecular complexity index is 824. The summed E-state index contributed by atoms with van der Waals surface area (Å²) in [6.07, 6.45) is -4.39. The van der Waals surface area contributed by atoms with Gasteiger partial charge in [0, 0.05) is 15.7 Å². The Kier molecular flexibility index (Phi) is 3.24. The number of rotatable bonds is 1. The van der Waals surface area contributed by atoms with Crippen LogP contribution in [0.5, 0.6) is 0 Å². The Labute approximate surface area is 126 Å². The number of hydrogen-bond donors (Lipinski definition) is 1. The Morgan fingerprint density at radius 2 is 1.86 bits per heavy atom. The van der Waals surface area contributed by atoms with Gasteiger partial charge in [-0.3, -0.25) is 0 Å². The number of hydrogen-bond acceptors (Lipinski definition) is 2. The second kappa shape index (κ2) is 4.84. The van der Waals surface area contributed by atoms with Crippen LogP contribution in [0.4, 0.5) is 13.2 Å². The van der Waals surface area contributed by atoms with Gasteiger partial charge in [0.05, 0.1) is 11.1 Å². The van der Waals surface area contributed by atoms with Crippen molar-refractivity contribution in [2.24, 2.45) is 0 Å². The van der Waals surface area contributed by atoms with Gasteiger partial charge in [-0.05, 0) is 37.3 Å². The van der Waals surface area contributed by atoms with Crippen LogP contribution in [0.3, 0.4) is 0 Å². The normalized spacial score (nSPS) is 12.0. The fourth-order valence-corrected chi connectivity index (χ4v) is 2.43. The zero-order valence-electron chi connectivity index (χ0n) is 10.8. The van der Waals surface area contributed by atoms with E-state index in [2.05, 4.69) is 30.9 Å². The van der Waals surface area contributed by atoms with Gasteiger partial charge in [0.2, 0.25) is 0 Å². The summed E-state index contributed by atoms with van der Waals surface area (Å²) in [5.41, 5.74) is 1.59. The number of nitrogens with one attached hydrogen (secondary N) is 1. The van der Waals surface area contributed by atoms with Crippen molar-refractivity contribution in [1.82, 2.24) is 15.0 Å². The van der Waals surface area contributed by atoms with Gasteiger partial charge in [0.25, 0.3) is 0 Å². The maximum Gasteiger partial charge on any atom is 0.416 e. The number of benzene rings is 1. The van der Waals surface area contributed by atoms with Gasteiger partial charge in [-0.15, -0.1) is 0 Å². The molecule has 0 radical (unpaired) electrons. The number of halogens is 4. The molecule has 0 aliphatic rings. The van der Waals surface area contributed by atoms with Crippen LogP contribution in [0.1, 0.15) is 11.3 Å². The largest absolute Gasteiger partial charge is 0.416 e. The molecule has 0 unspecified atom stereocenters. The van der Waals surface area contributed by atoms with E-state index in [0.29, 0.717) is 27.0 Å². The Balaban J connectivity index is 2.17. The summed E-state index contributed by atoms with van der Waals surface area (Å²) >= 11 is 3.26. The first-order chi connectivity index (χ1) is 9.84. The predicted molar refractivity (Wildman–Crippen MR) is 76.8 cm³/mol. The minimum atomic E-state index is -4.39. The molecule has 0 bridgehead atoms. The van der Waals surface area contributed by atoms with E-state index in [4.69, 9.17) is 0 Å². The molecule has 1 aromatic carbocycles. The molecule has 7 heteroatoms. The number of pyridine rings is 1. The summed E-state index contributed by atoms with van der Waals surface area (Å²) < 4.78 is 39.0. The highest BCUT2D eigenvalue weighted by Gasteiger charge is 2.31. The van der Waals surface area contributed by atoms with Gasteiger partial charge in [-0.2, -0.15) is 13.2 Å². The van der Waals surface area contributed by atoms with Crippen LogP contribution >= 0.6 is 15.9 Å². The fourth-order valence-electron chi connectivity index (χ4n) is 2.00. The van der Waals surface area contributed by atoms with Crippen molar-refractivity contribution in [3.05, 3.63) is 46.1 Å². The van der Waals surface area contributed by atoms with Crippen molar-refractivity contribution in [3.8, 4) is 11.4 Å². The third-order valence-corrected chi connectivity index (χ3v) is 3.73. The monoisotopic (exact) mass is 355 g/mol. The van der Waals surface area contributed by atoms with Crippen LogP contribution in [0.25, 0.3) is 22.6 Å². The van der Waals surface area contributed by atoms with Crippen LogP contribution in [0, 0.1) is 6.92 Å². The Hall–Kier alpha value is -1.89. The molecule has 0 saturated carbocycles. The van der Waals surface area contributed by atoms with Gasteiger partial charge in [0.1, 0.15) is 5.82 Å². The summed E-state index contributed by atoms with van der Waals surface area (Å²) in [5, 5.41) is 0. The van der Waals surface area contributed by atoms with Crippen LogP contribution in [-0.2, 0) is 6.18 Å². The van der Waals surface area contributed by atoms with E-state index in [1.54, 1.807) is 6.07 Å². The van der Waals surface area contributed by atoms with Crippen molar-refractivity contribution in [1.29, 1.82) is 0 Å². The van der Waals surface area contributed by atoms with Crippen LogP contribution < -0.4 is 0 Å². The number of aromatic amines is 1. The summed E-state index contributed by atoms with van der Waals surface area (Å²) in [5.74, 6) is 0.348. The molecule has 0 aliphatic heterocycles. The molecule has 0 spiro atoms. The molecule has 3 aromatic rings. The van der Waals surface area contributed by atoms with Gasteiger partial charge >= 0.3 is 6.18 Å². The van der Waals surface area contributed by atoms with E-state index < -0.39 is 11.7 Å². The first-order valence-corrected chi connectivity index (χ1v) is 6.84. The molecule has 0 atom stereocenters. The molecule has 0 fully saturated rings. The highest BCUT2D eigenvalue weighted by atomic mass is 79.9. The number of nitrogens with zero attached hydrogens (tertiary/aromatic N) is 2. The van der Waals surface area contributed by atoms with E-state index in [-0.39, 0.29) is 0 Å². The lowest BCUT2D eigenvalue weighted by Crippen LogP contribution is -2.05. The molecule has 108 valence electrons. The number of alkyl halides is 3. The summed E-state index contributed by atoms with van der Waals surface area (Å²) in [6.45, 7) is 1.83. The maximum absolute atomic E-state index is 12.8. The summed E-state index contributed by atoms with van der Waals surface area (Å²) in [4.78, 5) is 11.5. The van der Waals surface area contributed by atoms with Crippen LogP contribution in [-0.4, -0.2) is 15.0 Å². The average Bonchev–Trinajstić information content (AvgIpc) is 2.80. The Morgan fingerprint density at radius 3 is 2.57 bits per heavy atom. The van der Waals surface area contributed by atoms with Gasteiger partial charge < -0.3 is 4.98 Å². The molecule has 2 heterocycles. The van der Waals surface area contributed by atoms with Crippen molar-refractivity contribution < 1.29 is 13.2 Å². The molecule has 0 amide bonds. The molecule has 1 N–H and O–H groups in total. The molecule has 0 saturated heterocycles. The molecule has 3 nitrogen and oxygen atoms in total. The highest BCUT2D eigenvalue weighted by molar-refractivity contribution is 9.10. The third kappa shape index (κ3) is 2.65. The van der Waals surface area contributed by atoms with E-state index >= 15 is 0 Å². The maximum atomic E-state index is 12.8. The fraction of sp³-hybridized carbons (Fsp3) is 0.143. The molecule has 0 aliphatic carbocycles. The predicted octanol–water partition coefficient (Wildman–Crippen LogP) is 4.71. The minimum Gasteiger partial charge on any atom is -0.337 e. The number of aryl methyl sites for hydroxylation is 1. The van der Waals surface area contributed by atoms with Crippen molar-refractivity contribution in [3.63, 3.8) is 0 Å². The second-order valence-electron chi connectivity index (χ2n) is 4.60. The lowest BCUT2D eigenvalue weighted by atomic mass is 10.1. The van der Waals surface area contributed by atoms with Crippen LogP contribution in [0.2, 0.25) is 0 Å². The number of aromatic nitrogens is 3. The molecule has 21 heavy (non-hydrogen) atoms. The molecule has 3 rings (SSSR count). The summed E-state index contributed by atoms with van der Waals surface area (Å²) in [6, 6.07) is 7.07. The lowest BCUT2D eigenvalue weighted by Gasteiger charge is -2.09. The average molecular weight is 356 g/mol. The number of fused-ring (bicyclic) bond motifs is 1. The molecule has 2 aromatic heterocycles. The topological polar surface area (TPSA) is 41.6 Å². The molecular weight excluding hydrogens is 347 g/mol. The second-order valence-corrected chi connectivity index (χ2v) is 5.46. The summed E-state index contributed by atoms with van der Waals surface area (Å²) in [7, 11) is 0. The third-order valence-electron chi connectivity index (χ3n) is 3.03. The standard InChI is InChI=1S/C14H9BrF3N3/c1-7-2-5-11-13(19-7)21-12(20-11)9-6-8(14(16,17)18)3-4-10(9)15/h2-6H,1H3,(H,19,20,21). The van der Waals surface area contributed by atoms with Crippen molar-refractivity contribution in [2.75, 3.05) is 0 Å². The van der Waals surface area contributed by atoms with Crippen molar-refractivity contribution in [2.45, 2.75) is 13.1 Å². The highest BCUT2D eigenvalue weighted by Crippen LogP contribution is 2.35. The first-order valence-electron chi connectivity index (χ1n) is 6.05.